The summed E-state index contributed by atoms with van der Waals surface area (Å²) < 4.78 is 5.74. The summed E-state index contributed by atoms with van der Waals surface area (Å²) in [6, 6.07) is 19.2. The van der Waals surface area contributed by atoms with Crippen molar-refractivity contribution in [1.29, 1.82) is 0 Å². The second-order valence-corrected chi connectivity index (χ2v) is 7.72. The number of carbonyl (C=O) groups is 3. The molecule has 0 spiro atoms. The lowest BCUT2D eigenvalue weighted by Crippen LogP contribution is -2.48. The molecule has 0 saturated heterocycles. The van der Waals surface area contributed by atoms with Gasteiger partial charge in [0.2, 0.25) is 5.91 Å². The molecule has 7 heteroatoms. The molecule has 7 nitrogen and oxygen atoms in total. The fraction of sp³-hybridized carbons (Fsp3) is 0.240. The molecule has 3 aromatic rings. The van der Waals surface area contributed by atoms with Crippen LogP contribution in [0.25, 0.3) is 11.3 Å². The van der Waals surface area contributed by atoms with Gasteiger partial charge >= 0.3 is 0 Å². The van der Waals surface area contributed by atoms with E-state index in [-0.39, 0.29) is 23.5 Å². The molecule has 0 aliphatic carbocycles. The van der Waals surface area contributed by atoms with Gasteiger partial charge in [0.1, 0.15) is 11.8 Å². The molecule has 3 rings (SSSR count). The van der Waals surface area contributed by atoms with Crippen molar-refractivity contribution in [3.63, 3.8) is 0 Å². The molecule has 1 unspecified atom stereocenters. The van der Waals surface area contributed by atoms with Gasteiger partial charge in [-0.2, -0.15) is 0 Å². The molecule has 3 N–H and O–H groups in total. The summed E-state index contributed by atoms with van der Waals surface area (Å²) in [5, 5.41) is 8.17. The van der Waals surface area contributed by atoms with Crippen molar-refractivity contribution in [2.24, 2.45) is 5.92 Å². The summed E-state index contributed by atoms with van der Waals surface area (Å²) in [4.78, 5) is 36.8. The molecular weight excluding hydrogens is 406 g/mol. The zero-order chi connectivity index (χ0) is 23.1. The number of hydrogen-bond acceptors (Lipinski definition) is 4. The Balaban J connectivity index is 1.67. The highest BCUT2D eigenvalue weighted by molar-refractivity contribution is 5.96. The molecule has 0 aliphatic rings. The highest BCUT2D eigenvalue weighted by Gasteiger charge is 2.25. The topological polar surface area (TPSA) is 100 Å². The van der Waals surface area contributed by atoms with Crippen molar-refractivity contribution in [3.05, 3.63) is 83.6 Å². The van der Waals surface area contributed by atoms with Gasteiger partial charge in [0.25, 0.3) is 11.8 Å². The lowest BCUT2D eigenvalue weighted by atomic mass is 10.0. The third-order valence-electron chi connectivity index (χ3n) is 5.01. The van der Waals surface area contributed by atoms with Gasteiger partial charge in [-0.15, -0.1) is 0 Å². The summed E-state index contributed by atoms with van der Waals surface area (Å²) in [6.45, 7) is 4.07. The fourth-order valence-corrected chi connectivity index (χ4v) is 3.23. The van der Waals surface area contributed by atoms with Gasteiger partial charge < -0.3 is 20.4 Å². The van der Waals surface area contributed by atoms with E-state index in [2.05, 4.69) is 16.0 Å². The number of likely N-dealkylation sites (N-methyl/N-ethyl adjacent to an activating group) is 1. The first-order valence-electron chi connectivity index (χ1n) is 10.4. The number of nitrogens with one attached hydrogen (secondary N) is 3. The molecular formula is C25H27N3O4. The molecule has 32 heavy (non-hydrogen) atoms. The summed E-state index contributed by atoms with van der Waals surface area (Å²) in [7, 11) is 1.53. The van der Waals surface area contributed by atoms with Crippen LogP contribution < -0.4 is 16.0 Å². The van der Waals surface area contributed by atoms with Gasteiger partial charge in [-0.1, -0.05) is 50.2 Å². The zero-order valence-corrected chi connectivity index (χ0v) is 18.3. The van der Waals surface area contributed by atoms with E-state index in [0.717, 1.165) is 11.1 Å². The standard InChI is InChI=1S/C25H27N3O4/c1-16(2)22(25(31)26-3)28-24(30)21-13-12-20(32-21)19-11-7-8-17(14-19)15-27-23(29)18-9-5-4-6-10-18/h4-14,16,22H,15H2,1-3H3,(H,26,31)(H,27,29)(H,28,30). The van der Waals surface area contributed by atoms with Crippen molar-refractivity contribution in [3.8, 4) is 11.3 Å². The Morgan fingerprint density at radius 1 is 0.906 bits per heavy atom. The average molecular weight is 434 g/mol. The van der Waals surface area contributed by atoms with Crippen molar-refractivity contribution >= 4 is 17.7 Å². The Morgan fingerprint density at radius 3 is 2.34 bits per heavy atom. The monoisotopic (exact) mass is 433 g/mol. The predicted octanol–water partition coefficient (Wildman–Crippen LogP) is 3.38. The van der Waals surface area contributed by atoms with Gasteiger partial charge in [0.15, 0.2) is 5.76 Å². The molecule has 0 bridgehead atoms. The minimum absolute atomic E-state index is 0.0730. The second-order valence-electron chi connectivity index (χ2n) is 7.72. The molecule has 1 atom stereocenters. The van der Waals surface area contributed by atoms with E-state index in [4.69, 9.17) is 4.42 Å². The number of carbonyl (C=O) groups excluding carboxylic acids is 3. The van der Waals surface area contributed by atoms with E-state index in [1.165, 1.54) is 7.05 Å². The van der Waals surface area contributed by atoms with Crippen LogP contribution in [0, 0.1) is 5.92 Å². The molecule has 1 heterocycles. The highest BCUT2D eigenvalue weighted by atomic mass is 16.4. The van der Waals surface area contributed by atoms with Crippen LogP contribution in [-0.4, -0.2) is 30.8 Å². The van der Waals surface area contributed by atoms with Gasteiger partial charge in [0.05, 0.1) is 0 Å². The first-order chi connectivity index (χ1) is 15.4. The quantitative estimate of drug-likeness (QED) is 0.507. The second kappa shape index (κ2) is 10.4. The van der Waals surface area contributed by atoms with Crippen LogP contribution in [0.1, 0.15) is 40.3 Å². The number of amides is 3. The van der Waals surface area contributed by atoms with Crippen molar-refractivity contribution < 1.29 is 18.8 Å². The Morgan fingerprint density at radius 2 is 1.66 bits per heavy atom. The van der Waals surface area contributed by atoms with E-state index in [1.54, 1.807) is 24.3 Å². The summed E-state index contributed by atoms with van der Waals surface area (Å²) >= 11 is 0. The molecule has 3 amide bonds. The number of furan rings is 1. The highest BCUT2D eigenvalue weighted by Crippen LogP contribution is 2.23. The van der Waals surface area contributed by atoms with E-state index >= 15 is 0 Å². The summed E-state index contributed by atoms with van der Waals surface area (Å²) in [6.07, 6.45) is 0. The predicted molar refractivity (Wildman–Crippen MR) is 122 cm³/mol. The molecule has 166 valence electrons. The normalized spacial score (nSPS) is 11.6. The van der Waals surface area contributed by atoms with Gasteiger partial charge in [-0.05, 0) is 41.8 Å². The van der Waals surface area contributed by atoms with Crippen LogP contribution >= 0.6 is 0 Å². The Bertz CT molecular complexity index is 1090. The van der Waals surface area contributed by atoms with Crippen molar-refractivity contribution in [2.45, 2.75) is 26.4 Å². The number of hydrogen-bond donors (Lipinski definition) is 3. The van der Waals surface area contributed by atoms with E-state index in [0.29, 0.717) is 17.9 Å². The van der Waals surface area contributed by atoms with E-state index < -0.39 is 11.9 Å². The summed E-state index contributed by atoms with van der Waals surface area (Å²) in [5.74, 6) is -0.292. The SMILES string of the molecule is CNC(=O)C(NC(=O)c1ccc(-c2cccc(CNC(=O)c3ccccc3)c2)o1)C(C)C. The van der Waals surface area contributed by atoms with Crippen LogP contribution in [0.5, 0.6) is 0 Å². The smallest absolute Gasteiger partial charge is 0.287 e. The Hall–Kier alpha value is -3.87. The molecule has 0 saturated carbocycles. The Labute approximate surface area is 187 Å². The summed E-state index contributed by atoms with van der Waals surface area (Å²) in [5.41, 5.74) is 2.28. The largest absolute Gasteiger partial charge is 0.451 e. The first kappa shape index (κ1) is 22.8. The van der Waals surface area contributed by atoms with Gasteiger partial charge in [0, 0.05) is 24.7 Å². The Kier molecular flexibility index (Phi) is 7.44. The van der Waals surface area contributed by atoms with Gasteiger partial charge in [-0.25, -0.2) is 0 Å². The van der Waals surface area contributed by atoms with Crippen LogP contribution in [0.4, 0.5) is 0 Å². The fourth-order valence-electron chi connectivity index (χ4n) is 3.23. The minimum Gasteiger partial charge on any atom is -0.451 e. The van der Waals surface area contributed by atoms with E-state index in [9.17, 15) is 14.4 Å². The average Bonchev–Trinajstić information content (AvgIpc) is 3.31. The maximum Gasteiger partial charge on any atom is 0.287 e. The molecule has 2 aromatic carbocycles. The third-order valence-corrected chi connectivity index (χ3v) is 5.01. The third kappa shape index (κ3) is 5.63. The maximum absolute atomic E-state index is 12.6. The van der Waals surface area contributed by atoms with Crippen LogP contribution in [0.15, 0.2) is 71.1 Å². The van der Waals surface area contributed by atoms with Crippen LogP contribution in [0.3, 0.4) is 0 Å². The zero-order valence-electron chi connectivity index (χ0n) is 18.3. The maximum atomic E-state index is 12.6. The van der Waals surface area contributed by atoms with Crippen molar-refractivity contribution in [2.75, 3.05) is 7.05 Å². The molecule has 0 fully saturated rings. The van der Waals surface area contributed by atoms with Gasteiger partial charge in [-0.3, -0.25) is 14.4 Å². The minimum atomic E-state index is -0.655. The van der Waals surface area contributed by atoms with E-state index in [1.807, 2.05) is 56.3 Å². The van der Waals surface area contributed by atoms with Crippen molar-refractivity contribution in [1.82, 2.24) is 16.0 Å². The molecule has 0 aliphatic heterocycles. The first-order valence-corrected chi connectivity index (χ1v) is 10.4. The molecule has 0 radical (unpaired) electrons. The molecule has 1 aromatic heterocycles. The van der Waals surface area contributed by atoms with Crippen LogP contribution in [0.2, 0.25) is 0 Å². The number of rotatable bonds is 8. The number of benzene rings is 2. The lowest BCUT2D eigenvalue weighted by Gasteiger charge is -2.19. The van der Waals surface area contributed by atoms with Crippen LogP contribution in [-0.2, 0) is 11.3 Å². The lowest BCUT2D eigenvalue weighted by molar-refractivity contribution is -0.123.